The molecule has 0 spiro atoms. The van der Waals surface area contributed by atoms with Gasteiger partial charge >= 0.3 is 340 Å². The Morgan fingerprint density at radius 2 is 0.667 bits per heavy atom. The van der Waals surface area contributed by atoms with Crippen molar-refractivity contribution in [3.05, 3.63) is 231 Å². The monoisotopic (exact) mass is 854 g/mol. The third kappa shape index (κ3) is 5.78. The fraction of sp³-hybridized carbons (Fsp3) is 0. The van der Waals surface area contributed by atoms with Crippen LogP contribution in [0, 0.1) is 0 Å². The van der Waals surface area contributed by atoms with Crippen LogP contribution in [0.2, 0.25) is 0 Å². The maximum absolute atomic E-state index is 5.89. The zero-order chi connectivity index (χ0) is 38.1. The minimum absolute atomic E-state index is 0.865. The number of nitrogens with zero attached hydrogens (tertiary/aromatic N) is 4. The summed E-state index contributed by atoms with van der Waals surface area (Å²) in [5.74, 6) is 0. The van der Waals surface area contributed by atoms with Crippen molar-refractivity contribution in [1.29, 1.82) is 0 Å². The molecule has 7 aromatic carbocycles. The first-order valence-electron chi connectivity index (χ1n) is 19.4. The molecule has 3 aromatic heterocycles. The predicted octanol–water partition coefficient (Wildman–Crippen LogP) is 5.72. The average Bonchev–Trinajstić information content (AvgIpc) is 3.63. The molecule has 10 aromatic rings. The summed E-state index contributed by atoms with van der Waals surface area (Å²) in [6.07, 6.45) is 2.06. The van der Waals surface area contributed by atoms with E-state index in [1.54, 1.807) is 0 Å². The topological polar surface area (TPSA) is 43.6 Å². The first kappa shape index (κ1) is 35.1. The second-order valence-corrected chi connectivity index (χ2v) is 29.9. The van der Waals surface area contributed by atoms with Gasteiger partial charge in [0.15, 0.2) is 0 Å². The summed E-state index contributed by atoms with van der Waals surface area (Å²) in [6, 6.07) is 81.2. The van der Waals surface area contributed by atoms with Crippen LogP contribution in [-0.2, 0) is 0 Å². The first-order chi connectivity index (χ1) is 28.3. The van der Waals surface area contributed by atoms with Gasteiger partial charge in [-0.2, -0.15) is 0 Å². The molecule has 0 fully saturated rings. The fourth-order valence-corrected chi connectivity index (χ4v) is 27.7. The molecule has 57 heavy (non-hydrogen) atoms. The van der Waals surface area contributed by atoms with E-state index >= 15 is 0 Å². The molecule has 270 valence electrons. The van der Waals surface area contributed by atoms with Gasteiger partial charge in [-0.3, -0.25) is 0 Å². The average molecular weight is 852 g/mol. The van der Waals surface area contributed by atoms with Crippen molar-refractivity contribution in [3.8, 4) is 5.69 Å². The Kier molecular flexibility index (Phi) is 9.21. The Morgan fingerprint density at radius 3 is 1.07 bits per heavy atom. The van der Waals surface area contributed by atoms with E-state index in [2.05, 4.69) is 235 Å². The number of aromatic nitrogens is 4. The molecule has 0 aliphatic heterocycles. The van der Waals surface area contributed by atoms with Crippen molar-refractivity contribution < 1.29 is 0 Å². The number of fused-ring (bicyclic) bond motifs is 3. The van der Waals surface area contributed by atoms with Crippen LogP contribution in [0.15, 0.2) is 231 Å². The van der Waals surface area contributed by atoms with Crippen molar-refractivity contribution in [3.63, 3.8) is 0 Å². The molecule has 3 heterocycles. The summed E-state index contributed by atoms with van der Waals surface area (Å²) < 4.78 is 12.1. The molecule has 0 atom stereocenters. The Bertz CT molecular complexity index is 2550. The van der Waals surface area contributed by atoms with E-state index in [1.165, 1.54) is 26.4 Å². The van der Waals surface area contributed by atoms with Gasteiger partial charge in [-0.15, -0.1) is 0 Å². The molecule has 0 aliphatic rings. The SMILES string of the molecule is c1ccc(-n2c3cc[c]([Ge]([c]4ccccc4)([c]4ccccc4)[c]4ccccc4)nc3c3n[c]([Ge]([c]4ccccc4)([c]4ccccc4)[c]4ccccc4)ncc32)cc1. The van der Waals surface area contributed by atoms with Gasteiger partial charge in [0.1, 0.15) is 0 Å². The molecule has 6 heteroatoms. The van der Waals surface area contributed by atoms with Crippen LogP contribution < -0.4 is 35.6 Å². The molecule has 0 saturated carbocycles. The summed E-state index contributed by atoms with van der Waals surface area (Å²) in [5.41, 5.74) is 4.75. The maximum atomic E-state index is 5.89. The van der Waals surface area contributed by atoms with Gasteiger partial charge in [0.25, 0.3) is 0 Å². The second-order valence-electron chi connectivity index (χ2n) is 14.4. The summed E-state index contributed by atoms with van der Waals surface area (Å²) in [4.78, 5) is 17.1. The summed E-state index contributed by atoms with van der Waals surface area (Å²) in [5, 5.41) is 0. The standard InChI is InChI=1S/C51H38Ge2N4/c1-8-22-39(23-9-1)52(40-24-10-2-11-25-40,41-26-12-3-13-27-41)48-37-36-46-49(55-48)50-47(57(46)45-34-20-7-21-35-45)38-54-51(56-50)53(42-28-14-4-15-29-42,43-30-16-5-17-31-43)44-32-18-6-19-33-44/h1-38H. The second kappa shape index (κ2) is 15.0. The van der Waals surface area contributed by atoms with Gasteiger partial charge in [-0.25, -0.2) is 0 Å². The van der Waals surface area contributed by atoms with Crippen molar-refractivity contribution >= 4 is 84.2 Å². The van der Waals surface area contributed by atoms with Gasteiger partial charge in [0.05, 0.1) is 0 Å². The van der Waals surface area contributed by atoms with Crippen molar-refractivity contribution in [2.45, 2.75) is 0 Å². The molecule has 10 rings (SSSR count). The molecule has 0 saturated heterocycles. The van der Waals surface area contributed by atoms with Crippen LogP contribution in [0.5, 0.6) is 0 Å². The van der Waals surface area contributed by atoms with Crippen LogP contribution in [0.25, 0.3) is 27.8 Å². The summed E-state index contributed by atoms with van der Waals surface area (Å²) in [7, 11) is 0. The van der Waals surface area contributed by atoms with E-state index in [4.69, 9.17) is 15.0 Å². The third-order valence-corrected chi connectivity index (χ3v) is 30.5. The molecule has 0 unspecified atom stereocenters. The van der Waals surface area contributed by atoms with Crippen molar-refractivity contribution in [2.24, 2.45) is 0 Å². The molecule has 0 radical (unpaired) electrons. The predicted molar refractivity (Wildman–Crippen MR) is 241 cm³/mol. The molecule has 4 nitrogen and oxygen atoms in total. The molecule has 0 amide bonds. The number of hydrogen-bond donors (Lipinski definition) is 0. The zero-order valence-corrected chi connectivity index (χ0v) is 35.4. The van der Waals surface area contributed by atoms with E-state index in [1.807, 2.05) is 0 Å². The Hall–Kier alpha value is -6.34. The van der Waals surface area contributed by atoms with E-state index in [0.717, 1.165) is 36.9 Å². The quantitative estimate of drug-likeness (QED) is 0.175. The number of pyridine rings is 1. The van der Waals surface area contributed by atoms with Crippen LogP contribution in [0.1, 0.15) is 0 Å². The number of para-hydroxylation sites is 1. The van der Waals surface area contributed by atoms with Crippen molar-refractivity contribution in [2.75, 3.05) is 0 Å². The van der Waals surface area contributed by atoms with Gasteiger partial charge in [0, 0.05) is 0 Å². The van der Waals surface area contributed by atoms with Crippen LogP contribution in [0.3, 0.4) is 0 Å². The minimum atomic E-state index is -3.81. The van der Waals surface area contributed by atoms with E-state index in [9.17, 15) is 0 Å². The van der Waals surface area contributed by atoms with Crippen LogP contribution >= 0.6 is 0 Å². The Labute approximate surface area is 337 Å². The van der Waals surface area contributed by atoms with E-state index < -0.39 is 26.5 Å². The zero-order valence-electron chi connectivity index (χ0n) is 31.2. The Morgan fingerprint density at radius 1 is 0.316 bits per heavy atom. The first-order valence-corrected chi connectivity index (χ1v) is 27.8. The number of hydrogen-bond acceptors (Lipinski definition) is 3. The summed E-state index contributed by atoms with van der Waals surface area (Å²) >= 11 is -7.52. The number of benzene rings is 7. The number of rotatable bonds is 9. The van der Waals surface area contributed by atoms with Gasteiger partial charge in [-0.05, 0) is 0 Å². The molecular weight excluding hydrogens is 814 g/mol. The summed E-state index contributed by atoms with van der Waals surface area (Å²) in [6.45, 7) is 0. The van der Waals surface area contributed by atoms with Gasteiger partial charge in [0.2, 0.25) is 0 Å². The van der Waals surface area contributed by atoms with Gasteiger partial charge < -0.3 is 0 Å². The molecular formula is C51H38Ge2N4. The molecule has 0 aliphatic carbocycles. The van der Waals surface area contributed by atoms with Gasteiger partial charge in [-0.1, -0.05) is 0 Å². The van der Waals surface area contributed by atoms with E-state index in [0.29, 0.717) is 0 Å². The Balaban J connectivity index is 1.34. The van der Waals surface area contributed by atoms with Crippen LogP contribution in [-0.4, -0.2) is 46.1 Å². The normalized spacial score (nSPS) is 11.9. The molecule has 0 bridgehead atoms. The molecule has 0 N–H and O–H groups in total. The van der Waals surface area contributed by atoms with Crippen LogP contribution in [0.4, 0.5) is 0 Å². The van der Waals surface area contributed by atoms with Crippen molar-refractivity contribution in [1.82, 2.24) is 19.5 Å². The fourth-order valence-electron chi connectivity index (χ4n) is 8.85. The third-order valence-electron chi connectivity index (χ3n) is 11.3. The van der Waals surface area contributed by atoms with E-state index in [-0.39, 0.29) is 0 Å².